The van der Waals surface area contributed by atoms with Gasteiger partial charge in [0.1, 0.15) is 0 Å². The summed E-state index contributed by atoms with van der Waals surface area (Å²) >= 11 is 0. The van der Waals surface area contributed by atoms with Crippen LogP contribution in [0.3, 0.4) is 0 Å². The normalized spacial score (nSPS) is 11.4. The van der Waals surface area contributed by atoms with Gasteiger partial charge in [-0.05, 0) is 25.0 Å². The van der Waals surface area contributed by atoms with Gasteiger partial charge in [-0.15, -0.1) is 0 Å². The van der Waals surface area contributed by atoms with Crippen molar-refractivity contribution in [2.75, 3.05) is 26.0 Å². The van der Waals surface area contributed by atoms with E-state index in [4.69, 9.17) is 10.5 Å². The standard InChI is InChI=1S/C14H25N3O/c1-4-14(5-2)17(8-9-18-3)11-13-10-12(15)6-7-16-13/h6-7,10,14H,4-5,8-9,11H2,1-3H3,(H2,15,16). The van der Waals surface area contributed by atoms with E-state index in [0.717, 1.165) is 43.9 Å². The third-order valence-electron chi connectivity index (χ3n) is 3.25. The van der Waals surface area contributed by atoms with Crippen LogP contribution in [-0.4, -0.2) is 36.2 Å². The smallest absolute Gasteiger partial charge is 0.0589 e. The highest BCUT2D eigenvalue weighted by Gasteiger charge is 2.15. The molecular weight excluding hydrogens is 226 g/mol. The Kier molecular flexibility index (Phi) is 6.68. The fraction of sp³-hybridized carbons (Fsp3) is 0.643. The number of ether oxygens (including phenoxy) is 1. The number of rotatable bonds is 8. The summed E-state index contributed by atoms with van der Waals surface area (Å²) in [5, 5.41) is 0. The van der Waals surface area contributed by atoms with E-state index in [0.29, 0.717) is 6.04 Å². The zero-order valence-corrected chi connectivity index (χ0v) is 11.7. The van der Waals surface area contributed by atoms with Gasteiger partial charge < -0.3 is 10.5 Å². The van der Waals surface area contributed by atoms with Gasteiger partial charge in [0.05, 0.1) is 12.3 Å². The lowest BCUT2D eigenvalue weighted by Crippen LogP contribution is -2.36. The Morgan fingerprint density at radius 3 is 2.67 bits per heavy atom. The zero-order valence-electron chi connectivity index (χ0n) is 11.7. The lowest BCUT2D eigenvalue weighted by molar-refractivity contribution is 0.109. The van der Waals surface area contributed by atoms with Gasteiger partial charge in [0.15, 0.2) is 0 Å². The van der Waals surface area contributed by atoms with Crippen LogP contribution in [-0.2, 0) is 11.3 Å². The van der Waals surface area contributed by atoms with Crippen LogP contribution in [0.2, 0.25) is 0 Å². The molecule has 0 spiro atoms. The Bertz CT molecular complexity index is 340. The molecule has 0 bridgehead atoms. The number of pyridine rings is 1. The summed E-state index contributed by atoms with van der Waals surface area (Å²) in [4.78, 5) is 6.80. The van der Waals surface area contributed by atoms with Gasteiger partial charge in [-0.25, -0.2) is 0 Å². The molecule has 2 N–H and O–H groups in total. The maximum atomic E-state index is 5.79. The molecular formula is C14H25N3O. The molecule has 0 aliphatic rings. The van der Waals surface area contributed by atoms with Gasteiger partial charge in [0.2, 0.25) is 0 Å². The molecule has 0 aliphatic heterocycles. The quantitative estimate of drug-likeness (QED) is 0.770. The highest BCUT2D eigenvalue weighted by Crippen LogP contribution is 2.13. The number of nitrogens with two attached hydrogens (primary N) is 1. The first kappa shape index (κ1) is 14.9. The average molecular weight is 251 g/mol. The van der Waals surface area contributed by atoms with Crippen LogP contribution < -0.4 is 5.73 Å². The van der Waals surface area contributed by atoms with Crippen LogP contribution in [0.25, 0.3) is 0 Å². The molecule has 0 saturated heterocycles. The van der Waals surface area contributed by atoms with Crippen LogP contribution in [0.4, 0.5) is 5.69 Å². The van der Waals surface area contributed by atoms with Gasteiger partial charge in [-0.3, -0.25) is 9.88 Å². The van der Waals surface area contributed by atoms with Gasteiger partial charge in [0.25, 0.3) is 0 Å². The second-order valence-corrected chi connectivity index (χ2v) is 4.51. The van der Waals surface area contributed by atoms with Crippen molar-refractivity contribution in [2.45, 2.75) is 39.3 Å². The van der Waals surface area contributed by atoms with Crippen molar-refractivity contribution in [1.82, 2.24) is 9.88 Å². The lowest BCUT2D eigenvalue weighted by Gasteiger charge is -2.29. The fourth-order valence-electron chi connectivity index (χ4n) is 2.20. The second kappa shape index (κ2) is 8.06. The van der Waals surface area contributed by atoms with Gasteiger partial charge in [-0.1, -0.05) is 13.8 Å². The Hall–Kier alpha value is -1.13. The van der Waals surface area contributed by atoms with Crippen molar-refractivity contribution in [3.63, 3.8) is 0 Å². The van der Waals surface area contributed by atoms with Crippen LogP contribution in [0, 0.1) is 0 Å². The molecule has 1 rings (SSSR count). The molecule has 0 unspecified atom stereocenters. The summed E-state index contributed by atoms with van der Waals surface area (Å²) in [6.07, 6.45) is 4.05. The van der Waals surface area contributed by atoms with E-state index in [1.165, 1.54) is 0 Å². The van der Waals surface area contributed by atoms with E-state index in [2.05, 4.69) is 23.7 Å². The number of hydrogen-bond acceptors (Lipinski definition) is 4. The Morgan fingerprint density at radius 1 is 1.39 bits per heavy atom. The Morgan fingerprint density at radius 2 is 2.11 bits per heavy atom. The molecule has 0 fully saturated rings. The van der Waals surface area contributed by atoms with Crippen molar-refractivity contribution < 1.29 is 4.74 Å². The molecule has 0 radical (unpaired) electrons. The maximum Gasteiger partial charge on any atom is 0.0589 e. The average Bonchev–Trinajstić information content (AvgIpc) is 2.37. The Labute approximate surface area is 110 Å². The first-order chi connectivity index (χ1) is 8.71. The third-order valence-corrected chi connectivity index (χ3v) is 3.25. The number of methoxy groups -OCH3 is 1. The molecule has 4 heteroatoms. The number of aromatic nitrogens is 1. The molecule has 0 amide bonds. The molecule has 102 valence electrons. The van der Waals surface area contributed by atoms with Gasteiger partial charge in [0, 0.05) is 38.1 Å². The molecule has 1 aromatic heterocycles. The summed E-state index contributed by atoms with van der Waals surface area (Å²) in [5.74, 6) is 0. The van der Waals surface area contributed by atoms with Crippen molar-refractivity contribution in [3.05, 3.63) is 24.0 Å². The van der Waals surface area contributed by atoms with Crippen molar-refractivity contribution in [2.24, 2.45) is 0 Å². The minimum Gasteiger partial charge on any atom is -0.399 e. The van der Waals surface area contributed by atoms with Crippen LogP contribution >= 0.6 is 0 Å². The fourth-order valence-corrected chi connectivity index (χ4v) is 2.20. The maximum absolute atomic E-state index is 5.79. The zero-order chi connectivity index (χ0) is 13.4. The van der Waals surface area contributed by atoms with E-state index in [1.54, 1.807) is 13.3 Å². The highest BCUT2D eigenvalue weighted by atomic mass is 16.5. The second-order valence-electron chi connectivity index (χ2n) is 4.51. The summed E-state index contributed by atoms with van der Waals surface area (Å²) in [5.41, 5.74) is 7.59. The monoisotopic (exact) mass is 251 g/mol. The van der Waals surface area contributed by atoms with E-state index in [-0.39, 0.29) is 0 Å². The topological polar surface area (TPSA) is 51.4 Å². The van der Waals surface area contributed by atoms with Crippen LogP contribution in [0.1, 0.15) is 32.4 Å². The number of nitrogen functional groups attached to an aromatic ring is 1. The molecule has 0 saturated carbocycles. The van der Waals surface area contributed by atoms with E-state index in [1.807, 2.05) is 12.1 Å². The summed E-state index contributed by atoms with van der Waals surface area (Å²) < 4.78 is 5.19. The number of hydrogen-bond donors (Lipinski definition) is 1. The van der Waals surface area contributed by atoms with E-state index < -0.39 is 0 Å². The predicted octanol–water partition coefficient (Wildman–Crippen LogP) is 2.30. The Balaban J connectivity index is 2.70. The summed E-state index contributed by atoms with van der Waals surface area (Å²) in [6, 6.07) is 4.34. The van der Waals surface area contributed by atoms with E-state index in [9.17, 15) is 0 Å². The number of anilines is 1. The molecule has 18 heavy (non-hydrogen) atoms. The summed E-state index contributed by atoms with van der Waals surface area (Å²) in [6.45, 7) is 6.96. The predicted molar refractivity (Wildman–Crippen MR) is 75.3 cm³/mol. The third kappa shape index (κ3) is 4.63. The van der Waals surface area contributed by atoms with Crippen molar-refractivity contribution in [3.8, 4) is 0 Å². The van der Waals surface area contributed by atoms with E-state index >= 15 is 0 Å². The molecule has 1 heterocycles. The molecule has 4 nitrogen and oxygen atoms in total. The first-order valence-corrected chi connectivity index (χ1v) is 6.64. The molecule has 0 aliphatic carbocycles. The molecule has 0 atom stereocenters. The first-order valence-electron chi connectivity index (χ1n) is 6.64. The molecule has 1 aromatic rings. The van der Waals surface area contributed by atoms with Gasteiger partial charge in [-0.2, -0.15) is 0 Å². The van der Waals surface area contributed by atoms with Crippen molar-refractivity contribution in [1.29, 1.82) is 0 Å². The SMILES string of the molecule is CCC(CC)N(CCOC)Cc1cc(N)ccn1. The van der Waals surface area contributed by atoms with Crippen LogP contribution in [0.15, 0.2) is 18.3 Å². The minimum atomic E-state index is 0.573. The largest absolute Gasteiger partial charge is 0.399 e. The highest BCUT2D eigenvalue weighted by molar-refractivity contribution is 5.37. The summed E-state index contributed by atoms with van der Waals surface area (Å²) in [7, 11) is 1.74. The van der Waals surface area contributed by atoms with Gasteiger partial charge >= 0.3 is 0 Å². The molecule has 0 aromatic carbocycles. The minimum absolute atomic E-state index is 0.573. The van der Waals surface area contributed by atoms with Crippen LogP contribution in [0.5, 0.6) is 0 Å². The van der Waals surface area contributed by atoms with Crippen molar-refractivity contribution >= 4 is 5.69 Å². The lowest BCUT2D eigenvalue weighted by atomic mass is 10.1. The number of nitrogens with zero attached hydrogens (tertiary/aromatic N) is 2.